The van der Waals surface area contributed by atoms with Crippen LogP contribution in [0, 0.1) is 6.92 Å². The maximum Gasteiger partial charge on any atom is 0.273 e. The highest BCUT2D eigenvalue weighted by Crippen LogP contribution is 2.29. The first-order chi connectivity index (χ1) is 16.4. The van der Waals surface area contributed by atoms with E-state index in [0.29, 0.717) is 38.0 Å². The summed E-state index contributed by atoms with van der Waals surface area (Å²) in [6.07, 6.45) is 7.98. The summed E-state index contributed by atoms with van der Waals surface area (Å²) in [5.41, 5.74) is 2.94. The second-order valence-electron chi connectivity index (χ2n) is 7.86. The standard InChI is InChI=1S/C24H24BrClN6O2/c1-4-5-6-22-27-9-7-18(29-22)19-12-20(17(26)13-28-19)32-15(2)11-21(23(25)24(32)33)34-14-16-8-10-31(3)30-16/h7-13H,4-6,14H2,1-3H3. The van der Waals surface area contributed by atoms with E-state index < -0.39 is 0 Å². The molecule has 0 saturated carbocycles. The van der Waals surface area contributed by atoms with Crippen molar-refractivity contribution in [1.82, 2.24) is 29.3 Å². The van der Waals surface area contributed by atoms with Crippen LogP contribution < -0.4 is 10.3 Å². The van der Waals surface area contributed by atoms with Gasteiger partial charge in [0.25, 0.3) is 5.56 Å². The molecule has 0 fully saturated rings. The SMILES string of the molecule is CCCCc1nccc(-c2cc(-n3c(C)cc(OCc4ccn(C)n4)c(Br)c3=O)c(Cl)cn2)n1. The predicted octanol–water partition coefficient (Wildman–Crippen LogP) is 5.07. The summed E-state index contributed by atoms with van der Waals surface area (Å²) in [5.74, 6) is 1.20. The second kappa shape index (κ2) is 10.5. The van der Waals surface area contributed by atoms with Gasteiger partial charge in [-0.15, -0.1) is 0 Å². The molecule has 0 saturated heterocycles. The van der Waals surface area contributed by atoms with Crippen molar-refractivity contribution >= 4 is 27.5 Å². The van der Waals surface area contributed by atoms with E-state index >= 15 is 0 Å². The van der Waals surface area contributed by atoms with Gasteiger partial charge in [0.05, 0.1) is 27.8 Å². The number of aromatic nitrogens is 6. The van der Waals surface area contributed by atoms with Gasteiger partial charge in [0.1, 0.15) is 22.7 Å². The molecule has 0 bridgehead atoms. The highest BCUT2D eigenvalue weighted by molar-refractivity contribution is 9.10. The normalized spacial score (nSPS) is 11.1. The molecule has 0 atom stereocenters. The first kappa shape index (κ1) is 24.1. The highest BCUT2D eigenvalue weighted by atomic mass is 79.9. The van der Waals surface area contributed by atoms with Crippen molar-refractivity contribution in [3.05, 3.63) is 79.9 Å². The first-order valence-electron chi connectivity index (χ1n) is 10.9. The Labute approximate surface area is 210 Å². The van der Waals surface area contributed by atoms with E-state index in [9.17, 15) is 4.79 Å². The van der Waals surface area contributed by atoms with E-state index in [1.807, 2.05) is 26.2 Å². The summed E-state index contributed by atoms with van der Waals surface area (Å²) in [6, 6.07) is 7.22. The summed E-state index contributed by atoms with van der Waals surface area (Å²) in [6.45, 7) is 4.20. The fourth-order valence-corrected chi connectivity index (χ4v) is 4.11. The van der Waals surface area contributed by atoms with Gasteiger partial charge in [0.15, 0.2) is 0 Å². The molecule has 4 heterocycles. The van der Waals surface area contributed by atoms with Crippen LogP contribution in [0.25, 0.3) is 17.1 Å². The lowest BCUT2D eigenvalue weighted by Gasteiger charge is -2.16. The molecular weight excluding hydrogens is 520 g/mol. The van der Waals surface area contributed by atoms with E-state index in [2.05, 4.69) is 42.9 Å². The average molecular weight is 544 g/mol. The fraction of sp³-hybridized carbons (Fsp3) is 0.292. The third kappa shape index (κ3) is 5.20. The number of hydrogen-bond donors (Lipinski definition) is 0. The van der Waals surface area contributed by atoms with Gasteiger partial charge in [0.2, 0.25) is 0 Å². The maximum absolute atomic E-state index is 13.3. The number of pyridine rings is 2. The second-order valence-corrected chi connectivity index (χ2v) is 9.06. The largest absolute Gasteiger partial charge is 0.486 e. The van der Waals surface area contributed by atoms with E-state index in [0.717, 1.165) is 30.8 Å². The van der Waals surface area contributed by atoms with Crippen LogP contribution >= 0.6 is 27.5 Å². The Morgan fingerprint density at radius 1 is 1.18 bits per heavy atom. The molecule has 4 aromatic heterocycles. The summed E-state index contributed by atoms with van der Waals surface area (Å²) in [5, 5.41) is 4.65. The van der Waals surface area contributed by atoms with Crippen LogP contribution in [0.1, 0.15) is 37.0 Å². The van der Waals surface area contributed by atoms with Crippen molar-refractivity contribution in [1.29, 1.82) is 0 Å². The molecule has 0 unspecified atom stereocenters. The minimum absolute atomic E-state index is 0.247. The Balaban J connectivity index is 1.69. The van der Waals surface area contributed by atoms with Crippen LogP contribution in [0.15, 0.2) is 52.1 Å². The molecule has 0 amide bonds. The molecule has 176 valence electrons. The fourth-order valence-electron chi connectivity index (χ4n) is 3.51. The van der Waals surface area contributed by atoms with Gasteiger partial charge in [-0.3, -0.25) is 19.0 Å². The summed E-state index contributed by atoms with van der Waals surface area (Å²) >= 11 is 9.89. The third-order valence-corrected chi connectivity index (χ3v) is 6.26. The molecule has 34 heavy (non-hydrogen) atoms. The van der Waals surface area contributed by atoms with Crippen molar-refractivity contribution in [2.45, 2.75) is 39.7 Å². The Morgan fingerprint density at radius 3 is 2.74 bits per heavy atom. The highest BCUT2D eigenvalue weighted by Gasteiger charge is 2.17. The van der Waals surface area contributed by atoms with Crippen molar-refractivity contribution in [3.8, 4) is 22.8 Å². The zero-order valence-electron chi connectivity index (χ0n) is 19.1. The molecule has 0 aliphatic heterocycles. The lowest BCUT2D eigenvalue weighted by molar-refractivity contribution is 0.296. The van der Waals surface area contributed by atoms with Crippen molar-refractivity contribution < 1.29 is 4.74 Å². The van der Waals surface area contributed by atoms with E-state index in [1.54, 1.807) is 29.1 Å². The van der Waals surface area contributed by atoms with E-state index in [-0.39, 0.29) is 12.2 Å². The zero-order valence-corrected chi connectivity index (χ0v) is 21.5. The van der Waals surface area contributed by atoms with Gasteiger partial charge in [-0.2, -0.15) is 5.10 Å². The number of nitrogens with zero attached hydrogens (tertiary/aromatic N) is 6. The lowest BCUT2D eigenvalue weighted by atomic mass is 10.2. The van der Waals surface area contributed by atoms with Crippen LogP contribution in [0.2, 0.25) is 5.02 Å². The Kier molecular flexibility index (Phi) is 7.43. The van der Waals surface area contributed by atoms with Crippen LogP contribution in [0.5, 0.6) is 5.75 Å². The Hall–Kier alpha value is -3.04. The topological polar surface area (TPSA) is 87.7 Å². The molecule has 4 rings (SSSR count). The lowest BCUT2D eigenvalue weighted by Crippen LogP contribution is -2.22. The molecule has 10 heteroatoms. The third-order valence-electron chi connectivity index (χ3n) is 5.24. The maximum atomic E-state index is 13.3. The number of hydrogen-bond acceptors (Lipinski definition) is 6. The number of rotatable bonds is 8. The summed E-state index contributed by atoms with van der Waals surface area (Å²) in [4.78, 5) is 26.7. The van der Waals surface area contributed by atoms with Gasteiger partial charge < -0.3 is 4.74 Å². The molecule has 0 N–H and O–H groups in total. The van der Waals surface area contributed by atoms with Crippen molar-refractivity contribution in [2.24, 2.45) is 7.05 Å². The first-order valence-corrected chi connectivity index (χ1v) is 12.1. The molecule has 0 spiro atoms. The van der Waals surface area contributed by atoms with Crippen LogP contribution in [-0.4, -0.2) is 29.3 Å². The van der Waals surface area contributed by atoms with Gasteiger partial charge >= 0.3 is 0 Å². The monoisotopic (exact) mass is 542 g/mol. The van der Waals surface area contributed by atoms with E-state index in [4.69, 9.17) is 16.3 Å². The van der Waals surface area contributed by atoms with Crippen LogP contribution in [-0.2, 0) is 20.1 Å². The van der Waals surface area contributed by atoms with Gasteiger partial charge in [-0.05, 0) is 47.5 Å². The minimum atomic E-state index is -0.290. The zero-order chi connectivity index (χ0) is 24.2. The van der Waals surface area contributed by atoms with Crippen LogP contribution in [0.4, 0.5) is 0 Å². The molecule has 4 aromatic rings. The van der Waals surface area contributed by atoms with E-state index in [1.165, 1.54) is 10.8 Å². The Bertz CT molecular complexity index is 1380. The predicted molar refractivity (Wildman–Crippen MR) is 134 cm³/mol. The molecule has 8 nitrogen and oxygen atoms in total. The van der Waals surface area contributed by atoms with Crippen molar-refractivity contribution in [2.75, 3.05) is 0 Å². The molecule has 0 radical (unpaired) electrons. The quantitative estimate of drug-likeness (QED) is 0.308. The van der Waals surface area contributed by atoms with Crippen molar-refractivity contribution in [3.63, 3.8) is 0 Å². The number of halogens is 2. The molecule has 0 aromatic carbocycles. The number of aryl methyl sites for hydroxylation is 3. The van der Waals surface area contributed by atoms with Gasteiger partial charge in [-0.1, -0.05) is 24.9 Å². The summed E-state index contributed by atoms with van der Waals surface area (Å²) in [7, 11) is 1.84. The van der Waals surface area contributed by atoms with Gasteiger partial charge in [-0.25, -0.2) is 9.97 Å². The average Bonchev–Trinajstić information content (AvgIpc) is 3.25. The number of unbranched alkanes of at least 4 members (excludes halogenated alkanes) is 1. The minimum Gasteiger partial charge on any atom is -0.486 e. The summed E-state index contributed by atoms with van der Waals surface area (Å²) < 4.78 is 9.39. The number of ether oxygens (including phenoxy) is 1. The smallest absolute Gasteiger partial charge is 0.273 e. The van der Waals surface area contributed by atoms with Crippen LogP contribution in [0.3, 0.4) is 0 Å². The molecule has 0 aliphatic rings. The Morgan fingerprint density at radius 2 is 2.00 bits per heavy atom. The van der Waals surface area contributed by atoms with Gasteiger partial charge in [0, 0.05) is 43.8 Å². The molecule has 0 aliphatic carbocycles. The molecular formula is C24H24BrClN6O2.